The number of hydrogen-bond acceptors (Lipinski definition) is 12. The summed E-state index contributed by atoms with van der Waals surface area (Å²) in [5.74, 6) is 0. The van der Waals surface area contributed by atoms with Gasteiger partial charge in [0.25, 0.3) is 0 Å². The Labute approximate surface area is 254 Å². The highest BCUT2D eigenvalue weighted by Crippen LogP contribution is 2.11. The highest BCUT2D eigenvalue weighted by Gasteiger charge is 2.24. The van der Waals surface area contributed by atoms with Crippen molar-refractivity contribution in [2.75, 3.05) is 52.6 Å². The van der Waals surface area contributed by atoms with Crippen LogP contribution in [0.15, 0.2) is 0 Å². The smallest absolute Gasteiger partial charge is 0.444 e. The van der Waals surface area contributed by atoms with Crippen molar-refractivity contribution in [3.05, 3.63) is 0 Å². The van der Waals surface area contributed by atoms with Crippen molar-refractivity contribution >= 4 is 31.9 Å². The van der Waals surface area contributed by atoms with Crippen LogP contribution in [0.5, 0.6) is 0 Å². The number of nitrogens with two attached hydrogens (primary N) is 3. The van der Waals surface area contributed by atoms with Crippen LogP contribution in [0.25, 0.3) is 0 Å². The molecule has 0 unspecified atom stereocenters. The van der Waals surface area contributed by atoms with Gasteiger partial charge in [-0.05, 0) is 108 Å². The van der Waals surface area contributed by atoms with Crippen molar-refractivity contribution in [1.82, 2.24) is 5.32 Å². The van der Waals surface area contributed by atoms with Gasteiger partial charge in [0, 0.05) is 33.0 Å². The Hall–Kier alpha value is -1.84. The van der Waals surface area contributed by atoms with E-state index >= 15 is 0 Å². The average molecular weight is 617 g/mol. The maximum absolute atomic E-state index is 11.2. The Kier molecular flexibility index (Phi) is 30.4. The summed E-state index contributed by atoms with van der Waals surface area (Å²) in [4.78, 5) is 33.2. The van der Waals surface area contributed by atoms with Crippen LogP contribution < -0.4 is 22.5 Å². The Morgan fingerprint density at radius 3 is 1.17 bits per heavy atom. The molecule has 0 aliphatic heterocycles. The second-order valence-corrected chi connectivity index (χ2v) is 11.5. The summed E-state index contributed by atoms with van der Waals surface area (Å²) in [5, 5.41) is 2.66. The lowest BCUT2D eigenvalue weighted by atomic mass is 10.2. The number of alkyl carbamates (subject to hydrolysis) is 1. The normalized spacial score (nSPS) is 10.9. The zero-order valence-electron chi connectivity index (χ0n) is 26.9. The number of ether oxygens (including phenoxy) is 6. The van der Waals surface area contributed by atoms with Gasteiger partial charge in [0.05, 0.1) is 0 Å². The van der Waals surface area contributed by atoms with Crippen molar-refractivity contribution in [2.45, 2.75) is 105 Å². The highest BCUT2D eigenvalue weighted by molar-refractivity contribution is 7.59. The molecule has 0 aromatic heterocycles. The van der Waals surface area contributed by atoms with E-state index in [0.717, 1.165) is 38.9 Å². The Morgan fingerprint density at radius 2 is 0.878 bits per heavy atom. The maximum atomic E-state index is 11.2. The minimum absolute atomic E-state index is 0. The van der Waals surface area contributed by atoms with Crippen LogP contribution in [0.2, 0.25) is 0 Å². The van der Waals surface area contributed by atoms with E-state index in [2.05, 4.69) is 10.1 Å². The fourth-order valence-corrected chi connectivity index (χ4v) is 2.05. The summed E-state index contributed by atoms with van der Waals surface area (Å²) in [5.41, 5.74) is 14.0. The predicted molar refractivity (Wildman–Crippen MR) is 165 cm³/mol. The molecule has 0 aliphatic carbocycles. The standard InChI is InChI=1S/C11H24N2O3.C10H18O5.C6H16N2O.H2S/c1-11(2,3)16-10(14)13-7-5-9-15-8-4-6-12;1-9(2,3)14-7(11)13-8(12)15-10(4,5)6;7-3-1-5-9-6-2-4-8;/h4-9,12H2,1-3H3,(H,13,14);1-6H3;1-8H2;1H2. The molecule has 1 amide bonds. The van der Waals surface area contributed by atoms with Crippen molar-refractivity contribution in [2.24, 2.45) is 17.2 Å². The lowest BCUT2D eigenvalue weighted by Crippen LogP contribution is -2.33. The first-order valence-electron chi connectivity index (χ1n) is 13.7. The predicted octanol–water partition coefficient (Wildman–Crippen LogP) is 3.95. The van der Waals surface area contributed by atoms with E-state index in [1.54, 1.807) is 41.5 Å². The zero-order valence-corrected chi connectivity index (χ0v) is 27.9. The number of carbonyl (C=O) groups excluding carboxylic acids is 3. The molecule has 13 nitrogen and oxygen atoms in total. The van der Waals surface area contributed by atoms with E-state index in [1.165, 1.54) is 0 Å². The Morgan fingerprint density at radius 1 is 0.561 bits per heavy atom. The molecule has 0 radical (unpaired) electrons. The van der Waals surface area contributed by atoms with Gasteiger partial charge in [0.1, 0.15) is 16.8 Å². The molecule has 0 fully saturated rings. The minimum Gasteiger partial charge on any atom is -0.444 e. The monoisotopic (exact) mass is 616 g/mol. The summed E-state index contributed by atoms with van der Waals surface area (Å²) in [6.45, 7) is 21.0. The molecule has 0 heterocycles. The van der Waals surface area contributed by atoms with Crippen molar-refractivity contribution in [1.29, 1.82) is 0 Å². The van der Waals surface area contributed by atoms with Gasteiger partial charge in [0.15, 0.2) is 0 Å². The van der Waals surface area contributed by atoms with Crippen LogP contribution >= 0.6 is 13.5 Å². The summed E-state index contributed by atoms with van der Waals surface area (Å²) >= 11 is 0. The molecule has 7 N–H and O–H groups in total. The number of carbonyl (C=O) groups is 3. The van der Waals surface area contributed by atoms with Gasteiger partial charge in [-0.15, -0.1) is 0 Å². The fourth-order valence-electron chi connectivity index (χ4n) is 2.05. The fraction of sp³-hybridized carbons (Fsp3) is 0.889. The average Bonchev–Trinajstić information content (AvgIpc) is 2.75. The van der Waals surface area contributed by atoms with Gasteiger partial charge < -0.3 is 50.9 Å². The summed E-state index contributed by atoms with van der Waals surface area (Å²) in [6.07, 6.45) is 1.06. The van der Waals surface area contributed by atoms with Crippen molar-refractivity contribution < 1.29 is 42.8 Å². The summed E-state index contributed by atoms with van der Waals surface area (Å²) in [7, 11) is 0. The highest BCUT2D eigenvalue weighted by atomic mass is 32.1. The van der Waals surface area contributed by atoms with Crippen LogP contribution in [0.4, 0.5) is 14.4 Å². The van der Waals surface area contributed by atoms with E-state index in [1.807, 2.05) is 20.8 Å². The van der Waals surface area contributed by atoms with Crippen LogP contribution in [-0.4, -0.2) is 87.8 Å². The van der Waals surface area contributed by atoms with Crippen molar-refractivity contribution in [3.8, 4) is 0 Å². The third-order valence-corrected chi connectivity index (χ3v) is 3.56. The Bertz CT molecular complexity index is 618. The lowest BCUT2D eigenvalue weighted by molar-refractivity contribution is -0.0294. The van der Waals surface area contributed by atoms with E-state index in [0.29, 0.717) is 39.4 Å². The molecule has 14 heteroatoms. The molecule has 0 bridgehead atoms. The molecule has 0 rings (SSSR count). The first-order valence-corrected chi connectivity index (χ1v) is 13.7. The zero-order chi connectivity index (χ0) is 31.7. The molecule has 0 aromatic carbocycles. The van der Waals surface area contributed by atoms with Crippen LogP contribution in [0, 0.1) is 0 Å². The largest absolute Gasteiger partial charge is 0.519 e. The first kappa shape index (κ1) is 46.1. The molecule has 0 saturated carbocycles. The van der Waals surface area contributed by atoms with Gasteiger partial charge in [-0.25, -0.2) is 14.4 Å². The number of rotatable bonds is 13. The van der Waals surface area contributed by atoms with Crippen LogP contribution in [0.3, 0.4) is 0 Å². The van der Waals surface area contributed by atoms with Gasteiger partial charge >= 0.3 is 18.4 Å². The van der Waals surface area contributed by atoms with Crippen molar-refractivity contribution in [3.63, 3.8) is 0 Å². The van der Waals surface area contributed by atoms with Gasteiger partial charge in [-0.1, -0.05) is 0 Å². The lowest BCUT2D eigenvalue weighted by Gasteiger charge is -2.20. The number of nitrogens with one attached hydrogen (secondary N) is 1. The maximum Gasteiger partial charge on any atom is 0.519 e. The number of amides is 1. The molecular weight excluding hydrogens is 556 g/mol. The quantitative estimate of drug-likeness (QED) is 0.101. The Balaban J connectivity index is -0.000000257. The molecule has 0 spiro atoms. The molecular formula is C27H60N4O9S. The molecule has 0 saturated heterocycles. The van der Waals surface area contributed by atoms with E-state index in [-0.39, 0.29) is 19.6 Å². The van der Waals surface area contributed by atoms with Gasteiger partial charge in [-0.3, -0.25) is 0 Å². The van der Waals surface area contributed by atoms with Gasteiger partial charge in [0.2, 0.25) is 0 Å². The van der Waals surface area contributed by atoms with Gasteiger partial charge in [-0.2, -0.15) is 13.5 Å². The summed E-state index contributed by atoms with van der Waals surface area (Å²) < 4.78 is 29.3. The molecule has 248 valence electrons. The van der Waals surface area contributed by atoms with Crippen LogP contribution in [-0.2, 0) is 28.4 Å². The molecule has 41 heavy (non-hydrogen) atoms. The second-order valence-electron chi connectivity index (χ2n) is 11.5. The summed E-state index contributed by atoms with van der Waals surface area (Å²) in [6, 6.07) is 0. The van der Waals surface area contributed by atoms with E-state index < -0.39 is 29.1 Å². The van der Waals surface area contributed by atoms with Crippen LogP contribution in [0.1, 0.15) is 88.0 Å². The first-order chi connectivity index (χ1) is 18.4. The second kappa shape index (κ2) is 27.0. The SMILES string of the molecule is CC(C)(C)OC(=O)NCCCOCCCN.CC(C)(C)OC(=O)OC(=O)OC(C)(C)C.NCCCOCCCN.S. The third kappa shape index (κ3) is 48.2. The molecule has 0 aliphatic rings. The van der Waals surface area contributed by atoms with E-state index in [4.69, 9.17) is 40.9 Å². The third-order valence-electron chi connectivity index (χ3n) is 3.56. The molecule has 0 atom stereocenters. The molecule has 0 aromatic rings. The minimum atomic E-state index is -1.06. The topological polar surface area (TPSA) is 197 Å². The van der Waals surface area contributed by atoms with E-state index in [9.17, 15) is 14.4 Å². The number of hydrogen-bond donors (Lipinski definition) is 4.